The van der Waals surface area contributed by atoms with Crippen molar-refractivity contribution in [2.45, 2.75) is 11.8 Å². The largest absolute Gasteiger partial charge is 0.382 e. The molecule has 0 saturated carbocycles. The quantitative estimate of drug-likeness (QED) is 0.866. The maximum atomic E-state index is 12.3. The lowest BCUT2D eigenvalue weighted by atomic mass is 10.2. The molecular weight excluding hydrogens is 357 g/mol. The van der Waals surface area contributed by atoms with Crippen LogP contribution in [0, 0.1) is 6.92 Å². The van der Waals surface area contributed by atoms with Crippen molar-refractivity contribution in [3.8, 4) is 0 Å². The number of nitrogens with two attached hydrogens (primary N) is 1. The predicted octanol–water partition coefficient (Wildman–Crippen LogP) is 3.73. The van der Waals surface area contributed by atoms with E-state index < -0.39 is 10.0 Å². The van der Waals surface area contributed by atoms with Crippen LogP contribution in [0.1, 0.15) is 5.56 Å². The Hall–Kier alpha value is -1.21. The maximum absolute atomic E-state index is 12.3. The van der Waals surface area contributed by atoms with Crippen LogP contribution in [0.5, 0.6) is 0 Å². The zero-order valence-electron chi connectivity index (χ0n) is 10.7. The molecule has 0 aliphatic heterocycles. The summed E-state index contributed by atoms with van der Waals surface area (Å²) in [4.78, 5) is 3.57. The molecule has 0 aliphatic rings. The average molecular weight is 367 g/mol. The Morgan fingerprint density at radius 3 is 2.48 bits per heavy atom. The molecule has 1 aromatic heterocycles. The van der Waals surface area contributed by atoms with Gasteiger partial charge in [0.05, 0.1) is 20.8 Å². The zero-order valence-corrected chi connectivity index (χ0v) is 13.8. The number of anilines is 2. The van der Waals surface area contributed by atoms with E-state index in [1.54, 1.807) is 19.1 Å². The first-order valence-corrected chi connectivity index (χ1v) is 8.22. The summed E-state index contributed by atoms with van der Waals surface area (Å²) in [7, 11) is -3.94. The Labute approximate surface area is 137 Å². The van der Waals surface area contributed by atoms with E-state index in [0.29, 0.717) is 5.56 Å². The number of nitrogens with one attached hydrogen (secondary N) is 1. The van der Waals surface area contributed by atoms with Gasteiger partial charge in [0.25, 0.3) is 10.0 Å². The summed E-state index contributed by atoms with van der Waals surface area (Å²) in [5.74, 6) is 0.0437. The summed E-state index contributed by atoms with van der Waals surface area (Å²) in [6.45, 7) is 1.73. The molecule has 2 rings (SSSR count). The molecule has 0 bridgehead atoms. The Balaban J connectivity index is 2.47. The summed E-state index contributed by atoms with van der Waals surface area (Å²) < 4.78 is 27.0. The SMILES string of the molecule is Cc1ccc(Cl)c(NS(=O)(=O)c2cnc(N)c(Cl)c2)c1Cl. The first-order chi connectivity index (χ1) is 9.72. The Bertz CT molecular complexity index is 810. The van der Waals surface area contributed by atoms with Gasteiger partial charge >= 0.3 is 0 Å². The van der Waals surface area contributed by atoms with E-state index in [1.807, 2.05) is 0 Å². The van der Waals surface area contributed by atoms with E-state index in [-0.39, 0.29) is 31.5 Å². The Kier molecular flexibility index (Phi) is 4.53. The van der Waals surface area contributed by atoms with Crippen molar-refractivity contribution in [3.63, 3.8) is 0 Å². The molecule has 2 aromatic rings. The molecule has 5 nitrogen and oxygen atoms in total. The lowest BCUT2D eigenvalue weighted by Crippen LogP contribution is -2.14. The van der Waals surface area contributed by atoms with Crippen LogP contribution in [0.15, 0.2) is 29.3 Å². The molecule has 0 atom stereocenters. The van der Waals surface area contributed by atoms with Crippen LogP contribution in [0.25, 0.3) is 0 Å². The lowest BCUT2D eigenvalue weighted by molar-refractivity contribution is 0.601. The van der Waals surface area contributed by atoms with Gasteiger partial charge in [-0.1, -0.05) is 40.9 Å². The Morgan fingerprint density at radius 1 is 1.19 bits per heavy atom. The van der Waals surface area contributed by atoms with Crippen molar-refractivity contribution >= 4 is 56.3 Å². The van der Waals surface area contributed by atoms with Gasteiger partial charge in [-0.05, 0) is 24.6 Å². The second-order valence-electron chi connectivity index (χ2n) is 4.20. The second-order valence-corrected chi connectivity index (χ2v) is 7.07. The highest BCUT2D eigenvalue weighted by molar-refractivity contribution is 7.92. The molecule has 0 amide bonds. The molecular formula is C12H10Cl3N3O2S. The van der Waals surface area contributed by atoms with Gasteiger partial charge < -0.3 is 5.73 Å². The van der Waals surface area contributed by atoms with Gasteiger partial charge in [-0.25, -0.2) is 13.4 Å². The molecule has 0 spiro atoms. The minimum Gasteiger partial charge on any atom is -0.382 e. The molecule has 0 aliphatic carbocycles. The van der Waals surface area contributed by atoms with Crippen LogP contribution in [-0.2, 0) is 10.0 Å². The van der Waals surface area contributed by atoms with E-state index in [9.17, 15) is 8.42 Å². The first-order valence-electron chi connectivity index (χ1n) is 5.61. The molecule has 21 heavy (non-hydrogen) atoms. The molecule has 3 N–H and O–H groups in total. The third-order valence-electron chi connectivity index (χ3n) is 2.68. The topological polar surface area (TPSA) is 85.1 Å². The molecule has 1 heterocycles. The number of nitrogens with zero attached hydrogens (tertiary/aromatic N) is 1. The summed E-state index contributed by atoms with van der Waals surface area (Å²) in [5, 5.41) is 0.448. The number of rotatable bonds is 3. The van der Waals surface area contributed by atoms with Crippen LogP contribution in [0.3, 0.4) is 0 Å². The number of halogens is 3. The molecule has 0 radical (unpaired) electrons. The summed E-state index contributed by atoms with van der Waals surface area (Å²) >= 11 is 17.8. The van der Waals surface area contributed by atoms with Crippen molar-refractivity contribution in [1.29, 1.82) is 0 Å². The highest BCUT2D eigenvalue weighted by Gasteiger charge is 2.20. The zero-order chi connectivity index (χ0) is 15.8. The molecule has 0 fully saturated rings. The molecule has 1 aromatic carbocycles. The van der Waals surface area contributed by atoms with Crippen molar-refractivity contribution in [2.24, 2.45) is 0 Å². The minimum atomic E-state index is -3.94. The fourth-order valence-electron chi connectivity index (χ4n) is 1.52. The maximum Gasteiger partial charge on any atom is 0.263 e. The van der Waals surface area contributed by atoms with Crippen LogP contribution in [0.2, 0.25) is 15.1 Å². The molecule has 0 unspecified atom stereocenters. The third kappa shape index (κ3) is 3.35. The standard InChI is InChI=1S/C12H10Cl3N3O2S/c1-6-2-3-8(13)11(10(6)15)18-21(19,20)7-4-9(14)12(16)17-5-7/h2-5,18H,1H3,(H2,16,17). The van der Waals surface area contributed by atoms with E-state index in [0.717, 1.165) is 6.20 Å². The van der Waals surface area contributed by atoms with Crippen LogP contribution in [0.4, 0.5) is 11.5 Å². The van der Waals surface area contributed by atoms with Gasteiger partial charge in [-0.2, -0.15) is 0 Å². The van der Waals surface area contributed by atoms with Gasteiger partial charge in [0.15, 0.2) is 0 Å². The number of hydrogen-bond acceptors (Lipinski definition) is 4. The normalized spacial score (nSPS) is 11.4. The van der Waals surface area contributed by atoms with Gasteiger partial charge in [0.1, 0.15) is 10.7 Å². The molecule has 9 heteroatoms. The first kappa shape index (κ1) is 16.2. The number of hydrogen-bond donors (Lipinski definition) is 2. The number of pyridine rings is 1. The van der Waals surface area contributed by atoms with Crippen LogP contribution >= 0.6 is 34.8 Å². The second kappa shape index (κ2) is 5.88. The van der Waals surface area contributed by atoms with Gasteiger partial charge in [0, 0.05) is 6.20 Å². The fourth-order valence-corrected chi connectivity index (χ4v) is 3.39. The highest BCUT2D eigenvalue weighted by atomic mass is 35.5. The Morgan fingerprint density at radius 2 is 1.86 bits per heavy atom. The average Bonchev–Trinajstić information content (AvgIpc) is 2.42. The van der Waals surface area contributed by atoms with E-state index in [2.05, 4.69) is 9.71 Å². The lowest BCUT2D eigenvalue weighted by Gasteiger charge is -2.13. The highest BCUT2D eigenvalue weighted by Crippen LogP contribution is 2.34. The number of nitrogen functional groups attached to an aromatic ring is 1. The van der Waals surface area contributed by atoms with Crippen molar-refractivity contribution < 1.29 is 8.42 Å². The van der Waals surface area contributed by atoms with Gasteiger partial charge in [0.2, 0.25) is 0 Å². The van der Waals surface area contributed by atoms with Crippen LogP contribution < -0.4 is 10.5 Å². The van der Waals surface area contributed by atoms with E-state index >= 15 is 0 Å². The van der Waals surface area contributed by atoms with Crippen molar-refractivity contribution in [1.82, 2.24) is 4.98 Å². The number of aryl methyl sites for hydroxylation is 1. The van der Waals surface area contributed by atoms with Crippen molar-refractivity contribution in [2.75, 3.05) is 10.5 Å². The summed E-state index contributed by atoms with van der Waals surface area (Å²) in [6, 6.07) is 4.43. The summed E-state index contributed by atoms with van der Waals surface area (Å²) in [5.41, 5.74) is 6.24. The number of sulfonamides is 1. The van der Waals surface area contributed by atoms with E-state index in [4.69, 9.17) is 40.5 Å². The smallest absolute Gasteiger partial charge is 0.263 e. The summed E-state index contributed by atoms with van der Waals surface area (Å²) in [6.07, 6.45) is 1.10. The minimum absolute atomic E-state index is 0.0410. The number of benzene rings is 1. The van der Waals surface area contributed by atoms with Crippen molar-refractivity contribution in [3.05, 3.63) is 45.0 Å². The van der Waals surface area contributed by atoms with Gasteiger partial charge in [-0.3, -0.25) is 4.72 Å². The van der Waals surface area contributed by atoms with Gasteiger partial charge in [-0.15, -0.1) is 0 Å². The monoisotopic (exact) mass is 365 g/mol. The number of aromatic nitrogens is 1. The van der Waals surface area contributed by atoms with Crippen LogP contribution in [-0.4, -0.2) is 13.4 Å². The molecule has 0 saturated heterocycles. The van der Waals surface area contributed by atoms with E-state index in [1.165, 1.54) is 6.07 Å². The molecule has 112 valence electrons. The predicted molar refractivity (Wildman–Crippen MR) is 85.7 cm³/mol. The fraction of sp³-hybridized carbons (Fsp3) is 0.0833. The third-order valence-corrected chi connectivity index (χ3v) is 5.10.